The maximum absolute atomic E-state index is 13.2. The molecule has 1 heterocycles. The van der Waals surface area contributed by atoms with Crippen LogP contribution in [0.15, 0.2) is 0 Å². The lowest BCUT2D eigenvalue weighted by atomic mass is 10.0. The zero-order chi connectivity index (χ0) is 34.8. The highest BCUT2D eigenvalue weighted by Crippen LogP contribution is 2.09. The summed E-state index contributed by atoms with van der Waals surface area (Å²) >= 11 is 0. The lowest BCUT2D eigenvalue weighted by Crippen LogP contribution is -2.56. The number of hydrogen-bond acceptors (Lipinski definition) is 10. The van der Waals surface area contributed by atoms with Crippen LogP contribution in [0.5, 0.6) is 0 Å². The lowest BCUT2D eigenvalue weighted by molar-refractivity contribution is -0.142. The summed E-state index contributed by atoms with van der Waals surface area (Å²) < 4.78 is 0. The number of nitrogens with one attached hydrogen (secondary N) is 6. The van der Waals surface area contributed by atoms with Gasteiger partial charge in [0.05, 0.1) is 25.2 Å². The Balaban J connectivity index is 2.90. The molecular weight excluding hydrogens is 610 g/mol. The van der Waals surface area contributed by atoms with Gasteiger partial charge >= 0.3 is 11.9 Å². The standard InChI is InChI=1S/C28H47N7O11/c1-15(2)10-20(28(45)46)34-23(39)14-31-25(42)17(6-4-3-5-7-24(40)41)35-27(44)18(8-9-21(29)37)33-22(38)13-32-26(43)19-11-16(36)12-30-19/h15-20,30,36H,3-14H2,1-2H3,(H2,29,37)(H,31,42)(H,32,43)(H,33,38)(H,34,39)(H,35,44)(H,40,41)(H,45,46)/t16-,17+,18+,19+,20+/m1/s1. The molecule has 5 atom stereocenters. The number of carboxylic acid groups (broad SMARTS) is 2. The molecule has 0 aromatic heterocycles. The predicted molar refractivity (Wildman–Crippen MR) is 160 cm³/mol. The maximum Gasteiger partial charge on any atom is 0.326 e. The molecule has 1 aliphatic heterocycles. The van der Waals surface area contributed by atoms with E-state index in [9.17, 15) is 48.6 Å². The second-order valence-electron chi connectivity index (χ2n) is 11.6. The highest BCUT2D eigenvalue weighted by atomic mass is 16.4. The normalized spacial score (nSPS) is 17.7. The minimum Gasteiger partial charge on any atom is -0.481 e. The molecule has 18 heteroatoms. The lowest BCUT2D eigenvalue weighted by Gasteiger charge is -2.23. The quantitative estimate of drug-likeness (QED) is 0.0516. The summed E-state index contributed by atoms with van der Waals surface area (Å²) in [5.41, 5.74) is 5.22. The molecule has 0 bridgehead atoms. The van der Waals surface area contributed by atoms with Crippen LogP contribution in [-0.2, 0) is 38.4 Å². The fourth-order valence-corrected chi connectivity index (χ4v) is 4.58. The molecule has 0 aliphatic carbocycles. The number of carbonyl (C=O) groups is 8. The number of unbranched alkanes of at least 4 members (excludes halogenated alkanes) is 2. The summed E-state index contributed by atoms with van der Waals surface area (Å²) in [4.78, 5) is 97.1. The summed E-state index contributed by atoms with van der Waals surface area (Å²) in [6.07, 6.45) is 0.0262. The van der Waals surface area contributed by atoms with E-state index in [1.807, 2.05) is 0 Å². The number of carbonyl (C=O) groups excluding carboxylic acids is 6. The maximum atomic E-state index is 13.2. The molecule has 0 spiro atoms. The van der Waals surface area contributed by atoms with Crippen molar-refractivity contribution < 1.29 is 53.7 Å². The third-order valence-electron chi connectivity index (χ3n) is 6.96. The fraction of sp³-hybridized carbons (Fsp3) is 0.714. The first kappa shape index (κ1) is 39.7. The summed E-state index contributed by atoms with van der Waals surface area (Å²) in [6.45, 7) is 2.66. The number of aliphatic carboxylic acids is 2. The number of rotatable bonds is 22. The summed E-state index contributed by atoms with van der Waals surface area (Å²) in [7, 11) is 0. The minimum absolute atomic E-state index is 0.0245. The predicted octanol–water partition coefficient (Wildman–Crippen LogP) is -3.17. The van der Waals surface area contributed by atoms with Gasteiger partial charge in [0.1, 0.15) is 18.1 Å². The molecular formula is C28H47N7O11. The molecule has 1 aliphatic rings. The van der Waals surface area contributed by atoms with E-state index in [2.05, 4.69) is 31.9 Å². The second-order valence-corrected chi connectivity index (χ2v) is 11.6. The van der Waals surface area contributed by atoms with Gasteiger partial charge in [-0.1, -0.05) is 26.7 Å². The SMILES string of the molecule is CC(C)C[C@H](NC(=O)CNC(=O)[C@H](CCCCCC(=O)O)NC(=O)[C@H](CCC(N)=O)NC(=O)CNC(=O)[C@@H]1C[C@@H](O)CN1)C(=O)O. The Hall–Kier alpha value is -4.32. The van der Waals surface area contributed by atoms with Gasteiger partial charge in [-0.25, -0.2) is 4.79 Å². The van der Waals surface area contributed by atoms with Crippen molar-refractivity contribution in [3.8, 4) is 0 Å². The van der Waals surface area contributed by atoms with Crippen molar-refractivity contribution >= 4 is 47.4 Å². The highest BCUT2D eigenvalue weighted by Gasteiger charge is 2.30. The van der Waals surface area contributed by atoms with Crippen molar-refractivity contribution in [2.45, 2.75) is 102 Å². The fourth-order valence-electron chi connectivity index (χ4n) is 4.58. The van der Waals surface area contributed by atoms with Gasteiger partial charge in [0, 0.05) is 19.4 Å². The number of primary amides is 1. The first-order chi connectivity index (χ1) is 21.6. The Morgan fingerprint density at radius 2 is 1.39 bits per heavy atom. The van der Waals surface area contributed by atoms with Gasteiger partial charge in [0.2, 0.25) is 35.4 Å². The van der Waals surface area contributed by atoms with Crippen molar-refractivity contribution in [2.24, 2.45) is 11.7 Å². The third kappa shape index (κ3) is 16.7. The van der Waals surface area contributed by atoms with Crippen LogP contribution in [0.25, 0.3) is 0 Å². The van der Waals surface area contributed by atoms with E-state index in [4.69, 9.17) is 10.8 Å². The van der Waals surface area contributed by atoms with E-state index in [1.165, 1.54) is 0 Å². The van der Waals surface area contributed by atoms with Gasteiger partial charge in [-0.3, -0.25) is 33.6 Å². The summed E-state index contributed by atoms with van der Waals surface area (Å²) in [5.74, 6) is -6.77. The van der Waals surface area contributed by atoms with E-state index in [0.717, 1.165) is 0 Å². The van der Waals surface area contributed by atoms with Crippen LogP contribution >= 0.6 is 0 Å². The van der Waals surface area contributed by atoms with Gasteiger partial charge in [-0.05, 0) is 38.0 Å². The Labute approximate surface area is 266 Å². The van der Waals surface area contributed by atoms with E-state index in [0.29, 0.717) is 19.3 Å². The molecule has 18 nitrogen and oxygen atoms in total. The van der Waals surface area contributed by atoms with Crippen LogP contribution in [0.4, 0.5) is 0 Å². The van der Waals surface area contributed by atoms with Crippen LogP contribution in [0.1, 0.15) is 71.6 Å². The molecule has 1 fully saturated rings. The molecule has 0 saturated carbocycles. The van der Waals surface area contributed by atoms with Crippen molar-refractivity contribution in [1.82, 2.24) is 31.9 Å². The topological polar surface area (TPSA) is 295 Å². The van der Waals surface area contributed by atoms with Crippen molar-refractivity contribution in [2.75, 3.05) is 19.6 Å². The Bertz CT molecular complexity index is 1100. The van der Waals surface area contributed by atoms with Gasteiger partial charge in [0.25, 0.3) is 0 Å². The van der Waals surface area contributed by atoms with Crippen LogP contribution in [0.3, 0.4) is 0 Å². The number of aliphatic hydroxyl groups is 1. The molecule has 46 heavy (non-hydrogen) atoms. The number of β-amino-alcohol motifs (C(OH)–C–C–N with tert-alkyl or cyclic N) is 1. The number of amides is 6. The molecule has 0 unspecified atom stereocenters. The molecule has 260 valence electrons. The average molecular weight is 658 g/mol. The zero-order valence-corrected chi connectivity index (χ0v) is 26.1. The number of nitrogens with two attached hydrogens (primary N) is 1. The van der Waals surface area contributed by atoms with Crippen molar-refractivity contribution in [1.29, 1.82) is 0 Å². The number of carboxylic acids is 2. The minimum atomic E-state index is -1.35. The van der Waals surface area contributed by atoms with Crippen molar-refractivity contribution in [3.63, 3.8) is 0 Å². The molecule has 11 N–H and O–H groups in total. The third-order valence-corrected chi connectivity index (χ3v) is 6.96. The molecule has 0 radical (unpaired) electrons. The molecule has 1 saturated heterocycles. The van der Waals surface area contributed by atoms with Crippen LogP contribution in [0, 0.1) is 5.92 Å². The van der Waals surface area contributed by atoms with E-state index in [1.54, 1.807) is 13.8 Å². The van der Waals surface area contributed by atoms with Crippen LogP contribution in [-0.4, -0.2) is 113 Å². The van der Waals surface area contributed by atoms with E-state index < -0.39 is 90.7 Å². The molecule has 0 aromatic rings. The van der Waals surface area contributed by atoms with Crippen molar-refractivity contribution in [3.05, 3.63) is 0 Å². The molecule has 6 amide bonds. The number of hydrogen-bond donors (Lipinski definition) is 10. The average Bonchev–Trinajstić information content (AvgIpc) is 3.41. The highest BCUT2D eigenvalue weighted by molar-refractivity contribution is 5.95. The van der Waals surface area contributed by atoms with E-state index >= 15 is 0 Å². The largest absolute Gasteiger partial charge is 0.481 e. The van der Waals surface area contributed by atoms with Gasteiger partial charge in [-0.15, -0.1) is 0 Å². The van der Waals surface area contributed by atoms with Crippen LogP contribution in [0.2, 0.25) is 0 Å². The first-order valence-electron chi connectivity index (χ1n) is 15.2. The van der Waals surface area contributed by atoms with Gasteiger partial charge in [-0.2, -0.15) is 0 Å². The van der Waals surface area contributed by atoms with E-state index in [-0.39, 0.29) is 51.0 Å². The Morgan fingerprint density at radius 1 is 0.783 bits per heavy atom. The Morgan fingerprint density at radius 3 is 1.93 bits per heavy atom. The zero-order valence-electron chi connectivity index (χ0n) is 26.1. The summed E-state index contributed by atoms with van der Waals surface area (Å²) in [6, 6.07) is -4.46. The molecule has 0 aromatic carbocycles. The van der Waals surface area contributed by atoms with Crippen LogP contribution < -0.4 is 37.6 Å². The monoisotopic (exact) mass is 657 g/mol. The first-order valence-corrected chi connectivity index (χ1v) is 15.2. The van der Waals surface area contributed by atoms with Gasteiger partial charge < -0.3 is 53.0 Å². The molecule has 1 rings (SSSR count). The Kier molecular flexibility index (Phi) is 17.8. The smallest absolute Gasteiger partial charge is 0.326 e. The summed E-state index contributed by atoms with van der Waals surface area (Å²) in [5, 5.41) is 42.5. The number of aliphatic hydroxyl groups excluding tert-OH is 1. The second kappa shape index (κ2) is 20.7. The van der Waals surface area contributed by atoms with Gasteiger partial charge in [0.15, 0.2) is 0 Å².